The van der Waals surface area contributed by atoms with Crippen molar-refractivity contribution in [2.24, 2.45) is 0 Å². The molecule has 0 unspecified atom stereocenters. The lowest BCUT2D eigenvalue weighted by molar-refractivity contribution is 0.0177. The lowest BCUT2D eigenvalue weighted by atomic mass is 10.0. The van der Waals surface area contributed by atoms with E-state index in [9.17, 15) is 9.59 Å². The summed E-state index contributed by atoms with van der Waals surface area (Å²) in [5, 5.41) is 2.95. The lowest BCUT2D eigenvalue weighted by Gasteiger charge is -2.27. The molecule has 3 aromatic rings. The smallest absolute Gasteiger partial charge is 0.410 e. The molecule has 0 radical (unpaired) electrons. The van der Waals surface area contributed by atoms with E-state index in [1.165, 1.54) is 6.33 Å². The van der Waals surface area contributed by atoms with E-state index in [4.69, 9.17) is 14.2 Å². The van der Waals surface area contributed by atoms with Crippen LogP contribution in [0.5, 0.6) is 5.75 Å². The third-order valence-corrected chi connectivity index (χ3v) is 5.60. The minimum absolute atomic E-state index is 0.214. The van der Waals surface area contributed by atoms with E-state index in [1.807, 2.05) is 58.9 Å². The molecule has 0 saturated heterocycles. The summed E-state index contributed by atoms with van der Waals surface area (Å²) < 4.78 is 16.9. The van der Waals surface area contributed by atoms with Crippen LogP contribution in [0.3, 0.4) is 0 Å². The number of anilines is 1. The molecule has 1 heterocycles. The van der Waals surface area contributed by atoms with Gasteiger partial charge >= 0.3 is 6.09 Å². The summed E-state index contributed by atoms with van der Waals surface area (Å²) in [5.41, 5.74) is 3.68. The maximum absolute atomic E-state index is 12.8. The highest BCUT2D eigenvalue weighted by Crippen LogP contribution is 2.35. The van der Waals surface area contributed by atoms with Gasteiger partial charge in [0, 0.05) is 47.4 Å². The molecule has 9 heteroatoms. The SMILES string of the molecule is COCCN(CCOc1ccc(NC(=O)c2ccccc2)cc1-c1c(C)ncnc1C)C(=O)OC(C)(C)C. The number of benzene rings is 2. The van der Waals surface area contributed by atoms with Crippen molar-refractivity contribution in [3.63, 3.8) is 0 Å². The van der Waals surface area contributed by atoms with Crippen LogP contribution in [0.25, 0.3) is 11.1 Å². The maximum Gasteiger partial charge on any atom is 0.410 e. The number of rotatable bonds is 10. The van der Waals surface area contributed by atoms with Crippen LogP contribution >= 0.6 is 0 Å². The van der Waals surface area contributed by atoms with Gasteiger partial charge in [-0.1, -0.05) is 18.2 Å². The first-order valence-corrected chi connectivity index (χ1v) is 12.5. The minimum Gasteiger partial charge on any atom is -0.491 e. The van der Waals surface area contributed by atoms with Crippen molar-refractivity contribution in [2.75, 3.05) is 38.7 Å². The van der Waals surface area contributed by atoms with Crippen molar-refractivity contribution in [2.45, 2.75) is 40.2 Å². The van der Waals surface area contributed by atoms with Crippen molar-refractivity contribution < 1.29 is 23.8 Å². The van der Waals surface area contributed by atoms with Gasteiger partial charge < -0.3 is 24.4 Å². The number of aryl methyl sites for hydroxylation is 2. The molecule has 9 nitrogen and oxygen atoms in total. The Labute approximate surface area is 224 Å². The summed E-state index contributed by atoms with van der Waals surface area (Å²) in [6, 6.07) is 14.4. The van der Waals surface area contributed by atoms with Gasteiger partial charge in [-0.3, -0.25) is 4.79 Å². The zero-order valence-corrected chi connectivity index (χ0v) is 22.9. The molecular formula is C29H36N4O5. The number of hydrogen-bond donors (Lipinski definition) is 1. The van der Waals surface area contributed by atoms with Crippen LogP contribution in [0, 0.1) is 13.8 Å². The average Bonchev–Trinajstić information content (AvgIpc) is 2.86. The quantitative estimate of drug-likeness (QED) is 0.388. The Morgan fingerprint density at radius 2 is 1.61 bits per heavy atom. The number of nitrogens with one attached hydrogen (secondary N) is 1. The van der Waals surface area contributed by atoms with Crippen LogP contribution < -0.4 is 10.1 Å². The van der Waals surface area contributed by atoms with Crippen LogP contribution in [-0.4, -0.2) is 65.9 Å². The minimum atomic E-state index is -0.612. The molecule has 1 aromatic heterocycles. The number of amides is 2. The Bertz CT molecular complexity index is 1220. The molecule has 0 spiro atoms. The predicted molar refractivity (Wildman–Crippen MR) is 147 cm³/mol. The molecule has 1 N–H and O–H groups in total. The van der Waals surface area contributed by atoms with Gasteiger partial charge in [-0.25, -0.2) is 14.8 Å². The third kappa shape index (κ3) is 8.01. The standard InChI is InChI=1S/C29H36N4O5/c1-20-26(21(2)31-19-30-20)24-18-23(32-27(34)22-10-8-7-9-11-22)12-13-25(24)37-17-15-33(14-16-36-6)28(35)38-29(3,4)5/h7-13,18-19H,14-17H2,1-6H3,(H,32,34). The molecule has 0 saturated carbocycles. The highest BCUT2D eigenvalue weighted by molar-refractivity contribution is 6.04. The topological polar surface area (TPSA) is 103 Å². The van der Waals surface area contributed by atoms with Crippen LogP contribution in [0.15, 0.2) is 54.9 Å². The van der Waals surface area contributed by atoms with E-state index < -0.39 is 11.7 Å². The summed E-state index contributed by atoms with van der Waals surface area (Å²) in [7, 11) is 1.58. The molecule has 3 rings (SSSR count). The maximum atomic E-state index is 12.8. The van der Waals surface area contributed by atoms with Crippen LogP contribution in [0.2, 0.25) is 0 Å². The fourth-order valence-corrected chi connectivity index (χ4v) is 3.79. The van der Waals surface area contributed by atoms with E-state index in [1.54, 1.807) is 36.3 Å². The van der Waals surface area contributed by atoms with E-state index in [-0.39, 0.29) is 12.5 Å². The van der Waals surface area contributed by atoms with Crippen molar-refractivity contribution in [1.29, 1.82) is 0 Å². The molecule has 2 amide bonds. The van der Waals surface area contributed by atoms with Gasteiger partial charge in [0.05, 0.1) is 13.2 Å². The van der Waals surface area contributed by atoms with Gasteiger partial charge in [0.15, 0.2) is 0 Å². The molecule has 0 aliphatic heterocycles. The van der Waals surface area contributed by atoms with Gasteiger partial charge in [-0.05, 0) is 65.0 Å². The zero-order chi connectivity index (χ0) is 27.7. The van der Waals surface area contributed by atoms with Crippen molar-refractivity contribution in [1.82, 2.24) is 14.9 Å². The van der Waals surface area contributed by atoms with Gasteiger partial charge in [-0.15, -0.1) is 0 Å². The number of carbonyl (C=O) groups excluding carboxylic acids is 2. The first kappa shape index (κ1) is 28.6. The molecule has 0 bridgehead atoms. The summed E-state index contributed by atoms with van der Waals surface area (Å²) in [4.78, 5) is 35.7. The fourth-order valence-electron chi connectivity index (χ4n) is 3.79. The number of nitrogens with zero attached hydrogens (tertiary/aromatic N) is 3. The molecule has 0 fully saturated rings. The largest absolute Gasteiger partial charge is 0.491 e. The number of carbonyl (C=O) groups is 2. The molecular weight excluding hydrogens is 484 g/mol. The molecule has 38 heavy (non-hydrogen) atoms. The Morgan fingerprint density at radius 3 is 2.24 bits per heavy atom. The Morgan fingerprint density at radius 1 is 0.947 bits per heavy atom. The van der Waals surface area contributed by atoms with Gasteiger partial charge in [0.2, 0.25) is 0 Å². The monoisotopic (exact) mass is 520 g/mol. The van der Waals surface area contributed by atoms with Crippen molar-refractivity contribution in [3.8, 4) is 16.9 Å². The average molecular weight is 521 g/mol. The number of aromatic nitrogens is 2. The Hall–Kier alpha value is -3.98. The molecule has 2 aromatic carbocycles. The summed E-state index contributed by atoms with van der Waals surface area (Å²) >= 11 is 0. The van der Waals surface area contributed by atoms with Crippen molar-refractivity contribution >= 4 is 17.7 Å². The van der Waals surface area contributed by atoms with E-state index >= 15 is 0 Å². The Balaban J connectivity index is 1.84. The number of hydrogen-bond acceptors (Lipinski definition) is 7. The van der Waals surface area contributed by atoms with Gasteiger partial charge in [0.25, 0.3) is 5.91 Å². The zero-order valence-electron chi connectivity index (χ0n) is 22.9. The first-order chi connectivity index (χ1) is 18.1. The second-order valence-electron chi connectivity index (χ2n) is 9.76. The fraction of sp³-hybridized carbons (Fsp3) is 0.379. The number of ether oxygens (including phenoxy) is 3. The highest BCUT2D eigenvalue weighted by Gasteiger charge is 2.22. The van der Waals surface area contributed by atoms with Gasteiger partial charge in [-0.2, -0.15) is 0 Å². The van der Waals surface area contributed by atoms with E-state index in [0.717, 1.165) is 22.5 Å². The normalized spacial score (nSPS) is 11.1. The third-order valence-electron chi connectivity index (χ3n) is 5.60. The van der Waals surface area contributed by atoms with E-state index in [0.29, 0.717) is 36.7 Å². The molecule has 0 atom stereocenters. The van der Waals surface area contributed by atoms with Crippen LogP contribution in [0.4, 0.5) is 10.5 Å². The van der Waals surface area contributed by atoms with Crippen LogP contribution in [0.1, 0.15) is 42.5 Å². The summed E-state index contributed by atoms with van der Waals surface area (Å²) in [6.07, 6.45) is 1.09. The second-order valence-corrected chi connectivity index (χ2v) is 9.76. The second kappa shape index (κ2) is 13.0. The summed E-state index contributed by atoms with van der Waals surface area (Å²) in [5.74, 6) is 0.369. The molecule has 0 aliphatic carbocycles. The van der Waals surface area contributed by atoms with E-state index in [2.05, 4.69) is 15.3 Å². The Kier molecular flexibility index (Phi) is 9.78. The van der Waals surface area contributed by atoms with Gasteiger partial charge in [0.1, 0.15) is 24.3 Å². The predicted octanol–water partition coefficient (Wildman–Crippen LogP) is 5.28. The highest BCUT2D eigenvalue weighted by atomic mass is 16.6. The number of methoxy groups -OCH3 is 1. The first-order valence-electron chi connectivity index (χ1n) is 12.5. The molecule has 0 aliphatic rings. The summed E-state index contributed by atoms with van der Waals surface area (Å²) in [6.45, 7) is 10.5. The van der Waals surface area contributed by atoms with Crippen molar-refractivity contribution in [3.05, 3.63) is 71.8 Å². The molecule has 202 valence electrons. The van der Waals surface area contributed by atoms with Crippen LogP contribution in [-0.2, 0) is 9.47 Å². The lowest BCUT2D eigenvalue weighted by Crippen LogP contribution is -2.40.